The first-order valence-electron chi connectivity index (χ1n) is 10.9. The predicted molar refractivity (Wildman–Crippen MR) is 118 cm³/mol. The van der Waals surface area contributed by atoms with Gasteiger partial charge in [0, 0.05) is 43.9 Å². The Morgan fingerprint density at radius 1 is 1.24 bits per heavy atom. The van der Waals surface area contributed by atoms with Crippen molar-refractivity contribution >= 4 is 17.3 Å². The fourth-order valence-corrected chi connectivity index (χ4v) is 4.06. The number of carbonyl (C=O) groups excluding carboxylic acids is 2. The van der Waals surface area contributed by atoms with Gasteiger partial charge in [-0.25, -0.2) is 18.7 Å². The number of halogens is 2. The first-order valence-corrected chi connectivity index (χ1v) is 10.9. The lowest BCUT2D eigenvalue weighted by Gasteiger charge is -2.31. The lowest BCUT2D eigenvalue weighted by atomic mass is 10.0. The number of alkyl halides is 2. The number of imidazole rings is 1. The molecule has 0 N–H and O–H groups in total. The first kappa shape index (κ1) is 22.8. The second kappa shape index (κ2) is 9.25. The Balaban J connectivity index is 1.68. The lowest BCUT2D eigenvalue weighted by Crippen LogP contribution is -2.34. The second-order valence-electron chi connectivity index (χ2n) is 8.52. The van der Waals surface area contributed by atoms with Crippen LogP contribution in [0.3, 0.4) is 0 Å². The molecule has 3 aromatic rings. The van der Waals surface area contributed by atoms with E-state index in [0.717, 1.165) is 18.5 Å². The minimum absolute atomic E-state index is 0.0166. The molecule has 0 spiro atoms. The molecule has 0 aromatic carbocycles. The van der Waals surface area contributed by atoms with E-state index in [9.17, 15) is 18.4 Å². The van der Waals surface area contributed by atoms with Crippen LogP contribution in [0.4, 0.5) is 8.78 Å². The van der Waals surface area contributed by atoms with Crippen molar-refractivity contribution in [3.8, 4) is 5.75 Å². The van der Waals surface area contributed by atoms with E-state index in [-0.39, 0.29) is 36.0 Å². The third-order valence-corrected chi connectivity index (χ3v) is 5.72. The van der Waals surface area contributed by atoms with Gasteiger partial charge in [-0.3, -0.25) is 9.59 Å². The van der Waals surface area contributed by atoms with Crippen molar-refractivity contribution in [2.75, 3.05) is 7.05 Å². The van der Waals surface area contributed by atoms with Crippen LogP contribution in [-0.2, 0) is 11.2 Å². The molecule has 4 heterocycles. The van der Waals surface area contributed by atoms with E-state index in [1.807, 2.05) is 20.0 Å². The average Bonchev–Trinajstić information content (AvgIpc) is 3.18. The molecule has 3 aromatic heterocycles. The number of likely N-dealkylation sites (tertiary alicyclic amines) is 1. The van der Waals surface area contributed by atoms with Crippen LogP contribution < -0.4 is 4.74 Å². The summed E-state index contributed by atoms with van der Waals surface area (Å²) >= 11 is 0. The van der Waals surface area contributed by atoms with Crippen LogP contribution in [0.5, 0.6) is 5.75 Å². The minimum atomic E-state index is -2.75. The van der Waals surface area contributed by atoms with E-state index >= 15 is 0 Å². The molecule has 1 amide bonds. The molecule has 33 heavy (non-hydrogen) atoms. The highest BCUT2D eigenvalue weighted by Crippen LogP contribution is 2.31. The summed E-state index contributed by atoms with van der Waals surface area (Å²) in [4.78, 5) is 35.2. The zero-order chi connectivity index (χ0) is 23.7. The molecular weight excluding hydrogens is 430 g/mol. The third-order valence-electron chi connectivity index (χ3n) is 5.72. The van der Waals surface area contributed by atoms with Gasteiger partial charge < -0.3 is 14.0 Å². The Morgan fingerprint density at radius 3 is 2.76 bits per heavy atom. The Morgan fingerprint density at radius 2 is 2.03 bits per heavy atom. The lowest BCUT2D eigenvalue weighted by molar-refractivity contribution is -0.134. The largest absolute Gasteiger partial charge is 0.491 e. The Bertz CT molecular complexity index is 1190. The highest BCUT2D eigenvalue weighted by molar-refractivity contribution is 5.96. The Hall–Kier alpha value is -3.36. The molecule has 174 valence electrons. The van der Waals surface area contributed by atoms with Crippen molar-refractivity contribution in [1.29, 1.82) is 0 Å². The van der Waals surface area contributed by atoms with Crippen molar-refractivity contribution in [2.24, 2.45) is 0 Å². The normalized spacial score (nSPS) is 16.8. The predicted octanol–water partition coefficient (Wildman–Crippen LogP) is 4.56. The zero-order valence-electron chi connectivity index (χ0n) is 18.8. The molecular formula is C24H26F2N4O3. The molecule has 0 bridgehead atoms. The molecule has 1 unspecified atom stereocenters. The van der Waals surface area contributed by atoms with Crippen molar-refractivity contribution in [3.05, 3.63) is 59.3 Å². The molecule has 4 rings (SSSR count). The van der Waals surface area contributed by atoms with E-state index in [0.29, 0.717) is 23.4 Å². The van der Waals surface area contributed by atoms with Crippen molar-refractivity contribution in [3.63, 3.8) is 0 Å². The summed E-state index contributed by atoms with van der Waals surface area (Å²) < 4.78 is 33.7. The minimum Gasteiger partial charge on any atom is -0.491 e. The van der Waals surface area contributed by atoms with Crippen LogP contribution >= 0.6 is 0 Å². The molecule has 0 radical (unpaired) electrons. The number of hydrogen-bond acceptors (Lipinski definition) is 5. The summed E-state index contributed by atoms with van der Waals surface area (Å²) in [7, 11) is 1.79. The van der Waals surface area contributed by atoms with Crippen molar-refractivity contribution < 1.29 is 23.1 Å². The van der Waals surface area contributed by atoms with Crippen LogP contribution in [0, 0.1) is 0 Å². The molecule has 1 saturated heterocycles. The van der Waals surface area contributed by atoms with Gasteiger partial charge in [-0.2, -0.15) is 0 Å². The molecule has 1 atom stereocenters. The molecule has 1 aliphatic heterocycles. The van der Waals surface area contributed by atoms with Crippen LogP contribution in [0.1, 0.15) is 73.0 Å². The average molecular weight is 456 g/mol. The van der Waals surface area contributed by atoms with Gasteiger partial charge in [0.25, 0.3) is 6.43 Å². The number of pyridine rings is 2. The summed E-state index contributed by atoms with van der Waals surface area (Å²) in [6.07, 6.45) is 2.86. The summed E-state index contributed by atoms with van der Waals surface area (Å²) in [6, 6.07) is 5.69. The van der Waals surface area contributed by atoms with Crippen LogP contribution in [0.15, 0.2) is 36.7 Å². The standard InChI is InChI=1S/C24H26F2N4O3/c1-14(2)33-21-11-22-28-18(19-8-5-9-23(32)29(19)3)13-30(22)12-15(21)10-20(31)16-6-4-7-17(27-16)24(25)26/h4,6-7,11-14,19,24H,5,8-10H2,1-3H3. The summed E-state index contributed by atoms with van der Waals surface area (Å²) in [5, 5.41) is 0. The topological polar surface area (TPSA) is 76.8 Å². The number of carbonyl (C=O) groups is 2. The SMILES string of the molecule is CC(C)Oc1cc2nc(C3CCCC(=O)N3C)cn2cc1CC(=O)c1cccc(C(F)F)n1. The number of fused-ring (bicyclic) bond motifs is 1. The van der Waals surface area contributed by atoms with Gasteiger partial charge in [0.15, 0.2) is 5.78 Å². The fraction of sp³-hybridized carbons (Fsp3) is 0.417. The number of Topliss-reactive ketones (excluding diaryl/α,β-unsaturated/α-hetero) is 1. The molecule has 7 nitrogen and oxygen atoms in total. The van der Waals surface area contributed by atoms with Gasteiger partial charge in [0.2, 0.25) is 5.91 Å². The second-order valence-corrected chi connectivity index (χ2v) is 8.52. The molecule has 1 aliphatic rings. The number of piperidine rings is 1. The van der Waals surface area contributed by atoms with Gasteiger partial charge in [0.05, 0.1) is 17.8 Å². The van der Waals surface area contributed by atoms with E-state index in [1.54, 1.807) is 28.6 Å². The van der Waals surface area contributed by atoms with E-state index < -0.39 is 12.1 Å². The monoisotopic (exact) mass is 456 g/mol. The van der Waals surface area contributed by atoms with Gasteiger partial charge in [-0.05, 0) is 38.8 Å². The molecule has 0 saturated carbocycles. The number of amides is 1. The van der Waals surface area contributed by atoms with Crippen molar-refractivity contribution in [2.45, 2.75) is 58.1 Å². The van der Waals surface area contributed by atoms with Crippen LogP contribution in [0.2, 0.25) is 0 Å². The van der Waals surface area contributed by atoms with Gasteiger partial charge in [-0.15, -0.1) is 0 Å². The quantitative estimate of drug-likeness (QED) is 0.487. The smallest absolute Gasteiger partial charge is 0.280 e. The first-order chi connectivity index (χ1) is 15.7. The van der Waals surface area contributed by atoms with E-state index in [4.69, 9.17) is 9.72 Å². The van der Waals surface area contributed by atoms with Gasteiger partial charge >= 0.3 is 0 Å². The van der Waals surface area contributed by atoms with Crippen LogP contribution in [-0.4, -0.2) is 44.1 Å². The van der Waals surface area contributed by atoms with E-state index in [2.05, 4.69) is 4.98 Å². The van der Waals surface area contributed by atoms with Crippen LogP contribution in [0.25, 0.3) is 5.65 Å². The highest BCUT2D eigenvalue weighted by atomic mass is 19.3. The van der Waals surface area contributed by atoms with Gasteiger partial charge in [-0.1, -0.05) is 6.07 Å². The number of hydrogen-bond donors (Lipinski definition) is 0. The number of rotatable bonds is 7. The number of aromatic nitrogens is 3. The molecule has 1 fully saturated rings. The Labute approximate surface area is 190 Å². The van der Waals surface area contributed by atoms with Gasteiger partial charge in [0.1, 0.15) is 22.8 Å². The fourth-order valence-electron chi connectivity index (χ4n) is 4.06. The highest BCUT2D eigenvalue weighted by Gasteiger charge is 2.28. The number of nitrogens with zero attached hydrogens (tertiary/aromatic N) is 4. The van der Waals surface area contributed by atoms with E-state index in [1.165, 1.54) is 18.2 Å². The summed E-state index contributed by atoms with van der Waals surface area (Å²) in [6.45, 7) is 3.76. The number of ketones is 1. The maximum absolute atomic E-state index is 13.0. The molecule has 9 heteroatoms. The van der Waals surface area contributed by atoms with Crippen molar-refractivity contribution in [1.82, 2.24) is 19.3 Å². The summed E-state index contributed by atoms with van der Waals surface area (Å²) in [5.74, 6) is 0.210. The number of ether oxygens (including phenoxy) is 1. The maximum atomic E-state index is 13.0. The summed E-state index contributed by atoms with van der Waals surface area (Å²) in [5.41, 5.74) is 1.57. The zero-order valence-corrected chi connectivity index (χ0v) is 18.8. The third kappa shape index (κ3) is 4.86. The Kier molecular flexibility index (Phi) is 6.40. The maximum Gasteiger partial charge on any atom is 0.280 e. The molecule has 0 aliphatic carbocycles.